The van der Waals surface area contributed by atoms with Crippen molar-refractivity contribution < 1.29 is 0 Å². The van der Waals surface area contributed by atoms with Gasteiger partial charge in [-0.2, -0.15) is 0 Å². The molecule has 0 saturated carbocycles. The number of aromatic nitrogens is 2. The van der Waals surface area contributed by atoms with Crippen molar-refractivity contribution in [1.29, 1.82) is 0 Å². The molecule has 4 heteroatoms. The third-order valence-corrected chi connectivity index (χ3v) is 4.22. The van der Waals surface area contributed by atoms with Crippen molar-refractivity contribution in [3.8, 4) is 11.4 Å². The Hall–Kier alpha value is -2.20. The summed E-state index contributed by atoms with van der Waals surface area (Å²) in [7, 11) is 0. The lowest BCUT2D eigenvalue weighted by atomic mass is 10.2. The minimum atomic E-state index is 0.775. The van der Waals surface area contributed by atoms with E-state index >= 15 is 0 Å². The predicted octanol–water partition coefficient (Wildman–Crippen LogP) is 3.92. The Bertz CT molecular complexity index is 690. The van der Waals surface area contributed by atoms with Gasteiger partial charge in [0.05, 0.1) is 0 Å². The molecule has 0 radical (unpaired) electrons. The van der Waals surface area contributed by atoms with Crippen LogP contribution in [0.25, 0.3) is 11.4 Å². The Morgan fingerprint density at radius 3 is 2.52 bits per heavy atom. The summed E-state index contributed by atoms with van der Waals surface area (Å²) in [5.74, 6) is 2.01. The average Bonchev–Trinajstić information content (AvgIpc) is 2.98. The van der Waals surface area contributed by atoms with E-state index in [4.69, 9.17) is 5.73 Å². The molecule has 3 nitrogen and oxygen atoms in total. The molecular weight excluding hydrogens is 278 g/mol. The van der Waals surface area contributed by atoms with Crippen LogP contribution in [0.2, 0.25) is 0 Å². The summed E-state index contributed by atoms with van der Waals surface area (Å²) < 4.78 is 2.18. The van der Waals surface area contributed by atoms with Crippen molar-refractivity contribution in [3.05, 3.63) is 67.0 Å². The SMILES string of the molecule is Nc1ccc(-c2nccn2CCSc2ccccc2)cc1. The van der Waals surface area contributed by atoms with Crippen LogP contribution in [-0.2, 0) is 6.54 Å². The molecule has 2 aromatic carbocycles. The first-order valence-electron chi connectivity index (χ1n) is 6.88. The molecule has 1 aromatic heterocycles. The quantitative estimate of drug-likeness (QED) is 0.573. The highest BCUT2D eigenvalue weighted by Crippen LogP contribution is 2.21. The van der Waals surface area contributed by atoms with E-state index in [2.05, 4.69) is 33.8 Å². The lowest BCUT2D eigenvalue weighted by Crippen LogP contribution is -2.01. The molecule has 0 aliphatic rings. The van der Waals surface area contributed by atoms with E-state index in [1.165, 1.54) is 4.90 Å². The summed E-state index contributed by atoms with van der Waals surface area (Å²) in [6.45, 7) is 0.930. The lowest BCUT2D eigenvalue weighted by Gasteiger charge is -2.08. The van der Waals surface area contributed by atoms with Gasteiger partial charge in [0, 0.05) is 40.8 Å². The minimum absolute atomic E-state index is 0.775. The topological polar surface area (TPSA) is 43.8 Å². The summed E-state index contributed by atoms with van der Waals surface area (Å²) in [6, 6.07) is 18.3. The van der Waals surface area contributed by atoms with Gasteiger partial charge in [0.2, 0.25) is 0 Å². The normalized spacial score (nSPS) is 10.7. The molecule has 0 fully saturated rings. The first kappa shape index (κ1) is 13.8. The number of nitrogens with zero attached hydrogens (tertiary/aromatic N) is 2. The van der Waals surface area contributed by atoms with Crippen LogP contribution in [0, 0.1) is 0 Å². The standard InChI is InChI=1S/C17H17N3S/c18-15-8-6-14(7-9-15)17-19-10-11-20(17)12-13-21-16-4-2-1-3-5-16/h1-11H,12-13,18H2. The maximum absolute atomic E-state index is 5.73. The van der Waals surface area contributed by atoms with Gasteiger partial charge in [-0.15, -0.1) is 11.8 Å². The van der Waals surface area contributed by atoms with E-state index in [1.54, 1.807) is 0 Å². The Labute approximate surface area is 128 Å². The van der Waals surface area contributed by atoms with Crippen LogP contribution in [0.5, 0.6) is 0 Å². The van der Waals surface area contributed by atoms with Gasteiger partial charge in [0.15, 0.2) is 0 Å². The van der Waals surface area contributed by atoms with Crippen LogP contribution in [0.4, 0.5) is 5.69 Å². The summed E-state index contributed by atoms with van der Waals surface area (Å²) in [6.07, 6.45) is 3.87. The van der Waals surface area contributed by atoms with Crippen LogP contribution >= 0.6 is 11.8 Å². The number of hydrogen-bond donors (Lipinski definition) is 1. The lowest BCUT2D eigenvalue weighted by molar-refractivity contribution is 0.780. The summed E-state index contributed by atoms with van der Waals surface area (Å²) in [4.78, 5) is 5.75. The van der Waals surface area contributed by atoms with E-state index < -0.39 is 0 Å². The summed E-state index contributed by atoms with van der Waals surface area (Å²) in [5.41, 5.74) is 7.60. The van der Waals surface area contributed by atoms with Gasteiger partial charge in [-0.05, 0) is 36.4 Å². The minimum Gasteiger partial charge on any atom is -0.399 e. The van der Waals surface area contributed by atoms with Crippen molar-refractivity contribution in [2.24, 2.45) is 0 Å². The zero-order valence-electron chi connectivity index (χ0n) is 11.6. The van der Waals surface area contributed by atoms with Crippen molar-refractivity contribution in [3.63, 3.8) is 0 Å². The highest BCUT2D eigenvalue weighted by molar-refractivity contribution is 7.99. The van der Waals surface area contributed by atoms with E-state index in [1.807, 2.05) is 54.5 Å². The number of nitrogens with two attached hydrogens (primary N) is 1. The molecule has 0 saturated heterocycles. The molecule has 1 heterocycles. The average molecular weight is 295 g/mol. The molecule has 3 aromatic rings. The van der Waals surface area contributed by atoms with E-state index in [0.29, 0.717) is 0 Å². The number of hydrogen-bond acceptors (Lipinski definition) is 3. The number of benzene rings is 2. The second kappa shape index (κ2) is 6.50. The highest BCUT2D eigenvalue weighted by atomic mass is 32.2. The van der Waals surface area contributed by atoms with E-state index in [9.17, 15) is 0 Å². The van der Waals surface area contributed by atoms with E-state index in [0.717, 1.165) is 29.4 Å². The van der Waals surface area contributed by atoms with Gasteiger partial charge < -0.3 is 10.3 Å². The number of anilines is 1. The zero-order valence-corrected chi connectivity index (χ0v) is 12.5. The smallest absolute Gasteiger partial charge is 0.139 e. The van der Waals surface area contributed by atoms with Crippen LogP contribution in [0.15, 0.2) is 71.9 Å². The molecule has 3 rings (SSSR count). The molecule has 0 aliphatic carbocycles. The second-order valence-electron chi connectivity index (χ2n) is 4.73. The number of aryl methyl sites for hydroxylation is 1. The molecule has 21 heavy (non-hydrogen) atoms. The fourth-order valence-electron chi connectivity index (χ4n) is 2.16. The number of nitrogen functional groups attached to an aromatic ring is 1. The summed E-state index contributed by atoms with van der Waals surface area (Å²) in [5, 5.41) is 0. The van der Waals surface area contributed by atoms with E-state index in [-0.39, 0.29) is 0 Å². The number of rotatable bonds is 5. The second-order valence-corrected chi connectivity index (χ2v) is 5.90. The molecule has 0 unspecified atom stereocenters. The Kier molecular flexibility index (Phi) is 4.26. The van der Waals surface area contributed by atoms with Gasteiger partial charge in [-0.25, -0.2) is 4.98 Å². The van der Waals surface area contributed by atoms with Crippen molar-refractivity contribution in [1.82, 2.24) is 9.55 Å². The molecule has 0 atom stereocenters. The first-order chi connectivity index (χ1) is 10.3. The predicted molar refractivity (Wildman–Crippen MR) is 89.2 cm³/mol. The van der Waals surface area contributed by atoms with Crippen molar-refractivity contribution in [2.45, 2.75) is 11.4 Å². The van der Waals surface area contributed by atoms with Crippen LogP contribution in [-0.4, -0.2) is 15.3 Å². The fourth-order valence-corrected chi connectivity index (χ4v) is 3.03. The Morgan fingerprint density at radius 1 is 1.00 bits per heavy atom. The molecule has 0 spiro atoms. The maximum atomic E-state index is 5.73. The largest absolute Gasteiger partial charge is 0.399 e. The number of imidazole rings is 1. The van der Waals surface area contributed by atoms with Gasteiger partial charge in [-0.3, -0.25) is 0 Å². The first-order valence-corrected chi connectivity index (χ1v) is 7.86. The Morgan fingerprint density at radius 2 is 1.76 bits per heavy atom. The van der Waals surface area contributed by atoms with Crippen LogP contribution < -0.4 is 5.73 Å². The van der Waals surface area contributed by atoms with Crippen molar-refractivity contribution in [2.75, 3.05) is 11.5 Å². The highest BCUT2D eigenvalue weighted by Gasteiger charge is 2.05. The van der Waals surface area contributed by atoms with Gasteiger partial charge in [-0.1, -0.05) is 18.2 Å². The molecule has 0 amide bonds. The van der Waals surface area contributed by atoms with Gasteiger partial charge >= 0.3 is 0 Å². The Balaban J connectivity index is 1.67. The zero-order chi connectivity index (χ0) is 14.5. The molecule has 2 N–H and O–H groups in total. The number of thioether (sulfide) groups is 1. The maximum Gasteiger partial charge on any atom is 0.139 e. The van der Waals surface area contributed by atoms with Crippen LogP contribution in [0.1, 0.15) is 0 Å². The summed E-state index contributed by atoms with van der Waals surface area (Å²) >= 11 is 1.86. The van der Waals surface area contributed by atoms with Crippen molar-refractivity contribution >= 4 is 17.4 Å². The van der Waals surface area contributed by atoms with Gasteiger partial charge in [0.25, 0.3) is 0 Å². The van der Waals surface area contributed by atoms with Gasteiger partial charge in [0.1, 0.15) is 5.82 Å². The molecular formula is C17H17N3S. The molecule has 0 aliphatic heterocycles. The molecule has 106 valence electrons. The third kappa shape index (κ3) is 3.47. The van der Waals surface area contributed by atoms with Crippen LogP contribution in [0.3, 0.4) is 0 Å². The molecule has 0 bridgehead atoms. The monoisotopic (exact) mass is 295 g/mol. The fraction of sp³-hybridized carbons (Fsp3) is 0.118. The third-order valence-electron chi connectivity index (χ3n) is 3.23.